The van der Waals surface area contributed by atoms with Gasteiger partial charge in [-0.3, -0.25) is 9.59 Å². The van der Waals surface area contributed by atoms with Crippen LogP contribution in [0.4, 0.5) is 0 Å². The van der Waals surface area contributed by atoms with Crippen LogP contribution in [0.2, 0.25) is 10.0 Å². The van der Waals surface area contributed by atoms with Crippen LogP contribution < -0.4 is 0 Å². The number of amides is 1. The fraction of sp³-hybridized carbons (Fsp3) is 0.190. The Morgan fingerprint density at radius 2 is 1.83 bits per heavy atom. The summed E-state index contributed by atoms with van der Waals surface area (Å²) in [5.41, 5.74) is 2.38. The van der Waals surface area contributed by atoms with Gasteiger partial charge in [0.2, 0.25) is 0 Å². The SMILES string of the molecule is CN(Cc1cccc(Cl)c1)C(=O)COC(=O)Cc1csc(-c2cccc(Cl)c2)n1. The molecule has 1 heterocycles. The molecular weight excluding hydrogens is 431 g/mol. The van der Waals surface area contributed by atoms with Crippen molar-refractivity contribution in [1.29, 1.82) is 0 Å². The average molecular weight is 449 g/mol. The van der Waals surface area contributed by atoms with Crippen LogP contribution in [0.3, 0.4) is 0 Å². The van der Waals surface area contributed by atoms with Gasteiger partial charge in [-0.15, -0.1) is 11.3 Å². The van der Waals surface area contributed by atoms with Gasteiger partial charge in [0.05, 0.1) is 12.1 Å². The van der Waals surface area contributed by atoms with E-state index in [-0.39, 0.29) is 18.9 Å². The molecule has 3 aromatic rings. The minimum atomic E-state index is -0.502. The maximum absolute atomic E-state index is 12.2. The second-order valence-electron chi connectivity index (χ2n) is 6.37. The number of hydrogen-bond donors (Lipinski definition) is 0. The number of carbonyl (C=O) groups excluding carboxylic acids is 2. The quantitative estimate of drug-likeness (QED) is 0.484. The lowest BCUT2D eigenvalue weighted by atomic mass is 10.2. The van der Waals surface area contributed by atoms with E-state index in [1.54, 1.807) is 30.6 Å². The molecule has 150 valence electrons. The van der Waals surface area contributed by atoms with Crippen LogP contribution in [0.25, 0.3) is 10.6 Å². The van der Waals surface area contributed by atoms with Gasteiger partial charge in [-0.1, -0.05) is 47.5 Å². The molecule has 0 aliphatic heterocycles. The van der Waals surface area contributed by atoms with E-state index in [1.807, 2.05) is 30.3 Å². The molecule has 29 heavy (non-hydrogen) atoms. The summed E-state index contributed by atoms with van der Waals surface area (Å²) >= 11 is 13.4. The smallest absolute Gasteiger partial charge is 0.312 e. The summed E-state index contributed by atoms with van der Waals surface area (Å²) in [6.45, 7) is 0.0627. The fourth-order valence-electron chi connectivity index (χ4n) is 2.59. The molecule has 0 unspecified atom stereocenters. The maximum Gasteiger partial charge on any atom is 0.312 e. The lowest BCUT2D eigenvalue weighted by Gasteiger charge is -2.17. The summed E-state index contributed by atoms with van der Waals surface area (Å²) in [4.78, 5) is 30.2. The Morgan fingerprint density at radius 1 is 1.10 bits per heavy atom. The van der Waals surface area contributed by atoms with Crippen LogP contribution >= 0.6 is 34.5 Å². The molecule has 0 radical (unpaired) electrons. The van der Waals surface area contributed by atoms with Crippen molar-refractivity contribution < 1.29 is 14.3 Å². The van der Waals surface area contributed by atoms with Crippen LogP contribution in [0, 0.1) is 0 Å². The van der Waals surface area contributed by atoms with Crippen molar-refractivity contribution in [3.8, 4) is 10.6 Å². The highest BCUT2D eigenvalue weighted by molar-refractivity contribution is 7.13. The second kappa shape index (κ2) is 9.87. The maximum atomic E-state index is 12.2. The molecule has 0 spiro atoms. The summed E-state index contributed by atoms with van der Waals surface area (Å²) in [7, 11) is 1.65. The Morgan fingerprint density at radius 3 is 2.55 bits per heavy atom. The largest absolute Gasteiger partial charge is 0.455 e. The van der Waals surface area contributed by atoms with Gasteiger partial charge < -0.3 is 9.64 Å². The van der Waals surface area contributed by atoms with Crippen molar-refractivity contribution >= 4 is 46.4 Å². The molecule has 0 aliphatic carbocycles. The predicted molar refractivity (Wildman–Crippen MR) is 115 cm³/mol. The number of esters is 1. The first-order valence-electron chi connectivity index (χ1n) is 8.75. The van der Waals surface area contributed by atoms with Crippen LogP contribution in [0.1, 0.15) is 11.3 Å². The number of thiazole rings is 1. The number of ether oxygens (including phenoxy) is 1. The van der Waals surface area contributed by atoms with Gasteiger partial charge in [-0.25, -0.2) is 4.98 Å². The fourth-order valence-corrected chi connectivity index (χ4v) is 3.81. The first-order valence-corrected chi connectivity index (χ1v) is 10.4. The van der Waals surface area contributed by atoms with Gasteiger partial charge in [0.25, 0.3) is 5.91 Å². The minimum absolute atomic E-state index is 0.00233. The molecule has 1 aromatic heterocycles. The normalized spacial score (nSPS) is 10.6. The molecule has 0 atom stereocenters. The standard InChI is InChI=1S/C21H18Cl2N2O3S/c1-25(11-14-4-2-6-16(22)8-14)19(26)12-28-20(27)10-18-13-29-21(24-18)15-5-3-7-17(23)9-15/h2-9,13H,10-12H2,1H3. The molecular formula is C21H18Cl2N2O3S. The Bertz CT molecular complexity index is 1020. The number of rotatable bonds is 7. The van der Waals surface area contributed by atoms with E-state index in [2.05, 4.69) is 4.98 Å². The van der Waals surface area contributed by atoms with Gasteiger partial charge in [-0.2, -0.15) is 0 Å². The number of carbonyl (C=O) groups is 2. The molecule has 0 saturated carbocycles. The zero-order valence-corrected chi connectivity index (χ0v) is 17.9. The highest BCUT2D eigenvalue weighted by atomic mass is 35.5. The van der Waals surface area contributed by atoms with E-state index in [1.165, 1.54) is 16.2 Å². The molecule has 1 amide bonds. The van der Waals surface area contributed by atoms with Gasteiger partial charge in [0, 0.05) is 34.6 Å². The van der Waals surface area contributed by atoms with Crippen molar-refractivity contribution in [2.45, 2.75) is 13.0 Å². The summed E-state index contributed by atoms with van der Waals surface area (Å²) in [5.74, 6) is -0.798. The molecule has 2 aromatic carbocycles. The Kier molecular flexibility index (Phi) is 7.25. The highest BCUT2D eigenvalue weighted by Gasteiger charge is 2.15. The molecule has 0 aliphatic rings. The average Bonchev–Trinajstić information content (AvgIpc) is 3.14. The zero-order valence-electron chi connectivity index (χ0n) is 15.6. The van der Waals surface area contributed by atoms with E-state index in [0.29, 0.717) is 22.3 Å². The Hall–Kier alpha value is -2.41. The number of likely N-dealkylation sites (N-methyl/N-ethyl adjacent to an activating group) is 1. The van der Waals surface area contributed by atoms with Crippen molar-refractivity contribution in [2.24, 2.45) is 0 Å². The molecule has 0 fully saturated rings. The van der Waals surface area contributed by atoms with Crippen LogP contribution in [-0.4, -0.2) is 35.4 Å². The topological polar surface area (TPSA) is 59.5 Å². The lowest BCUT2D eigenvalue weighted by Crippen LogP contribution is -2.31. The molecule has 0 N–H and O–H groups in total. The third-order valence-electron chi connectivity index (χ3n) is 4.04. The lowest BCUT2D eigenvalue weighted by molar-refractivity contribution is -0.151. The molecule has 0 saturated heterocycles. The van der Waals surface area contributed by atoms with E-state index >= 15 is 0 Å². The van der Waals surface area contributed by atoms with E-state index in [4.69, 9.17) is 27.9 Å². The molecule has 5 nitrogen and oxygen atoms in total. The van der Waals surface area contributed by atoms with Crippen molar-refractivity contribution in [3.05, 3.63) is 75.2 Å². The number of nitrogens with zero attached hydrogens (tertiary/aromatic N) is 2. The van der Waals surface area contributed by atoms with Gasteiger partial charge in [0.1, 0.15) is 5.01 Å². The van der Waals surface area contributed by atoms with Crippen LogP contribution in [-0.2, 0) is 27.3 Å². The molecule has 0 bridgehead atoms. The first-order chi connectivity index (χ1) is 13.9. The number of hydrogen-bond acceptors (Lipinski definition) is 5. The Labute approximate surface area is 182 Å². The van der Waals surface area contributed by atoms with Crippen molar-refractivity contribution in [3.63, 3.8) is 0 Å². The summed E-state index contributed by atoms with van der Waals surface area (Å²) in [5, 5.41) is 3.80. The highest BCUT2D eigenvalue weighted by Crippen LogP contribution is 2.26. The predicted octanol–water partition coefficient (Wildman–Crippen LogP) is 4.86. The minimum Gasteiger partial charge on any atom is -0.455 e. The monoisotopic (exact) mass is 448 g/mol. The van der Waals surface area contributed by atoms with E-state index in [0.717, 1.165) is 16.1 Å². The number of aromatic nitrogens is 1. The Balaban J connectivity index is 1.49. The van der Waals surface area contributed by atoms with E-state index in [9.17, 15) is 9.59 Å². The third kappa shape index (κ3) is 6.29. The second-order valence-corrected chi connectivity index (χ2v) is 8.10. The number of benzene rings is 2. The molecule has 3 rings (SSSR count). The van der Waals surface area contributed by atoms with Crippen molar-refractivity contribution in [1.82, 2.24) is 9.88 Å². The van der Waals surface area contributed by atoms with Crippen LogP contribution in [0.15, 0.2) is 53.9 Å². The summed E-state index contributed by atoms with van der Waals surface area (Å²) in [6.07, 6.45) is 0.00233. The first kappa shape index (κ1) is 21.3. The van der Waals surface area contributed by atoms with Gasteiger partial charge in [0.15, 0.2) is 6.61 Å². The molecule has 8 heteroatoms. The van der Waals surface area contributed by atoms with Gasteiger partial charge >= 0.3 is 5.97 Å². The van der Waals surface area contributed by atoms with Crippen molar-refractivity contribution in [2.75, 3.05) is 13.7 Å². The summed E-state index contributed by atoms with van der Waals surface area (Å²) < 4.78 is 5.11. The third-order valence-corrected chi connectivity index (χ3v) is 5.45. The van der Waals surface area contributed by atoms with Gasteiger partial charge in [-0.05, 0) is 29.8 Å². The van der Waals surface area contributed by atoms with Crippen LogP contribution in [0.5, 0.6) is 0 Å². The summed E-state index contributed by atoms with van der Waals surface area (Å²) in [6, 6.07) is 14.6. The number of halogens is 2. The zero-order chi connectivity index (χ0) is 20.8. The van der Waals surface area contributed by atoms with E-state index < -0.39 is 5.97 Å².